The van der Waals surface area contributed by atoms with Crippen LogP contribution in [0.3, 0.4) is 0 Å². The molecule has 0 aliphatic heterocycles. The fourth-order valence-corrected chi connectivity index (χ4v) is 7.81. The Balaban J connectivity index is 0.000000213. The van der Waals surface area contributed by atoms with Crippen LogP contribution < -0.4 is 16.0 Å². The number of anilines is 1. The molecule has 0 unspecified atom stereocenters. The van der Waals surface area contributed by atoms with Gasteiger partial charge in [-0.1, -0.05) is 42.8 Å². The highest BCUT2D eigenvalue weighted by molar-refractivity contribution is 6.31. The van der Waals surface area contributed by atoms with E-state index in [2.05, 4.69) is 56.3 Å². The number of H-pyrrole nitrogens is 2. The number of carbonyl (C=O) groups excluding carboxylic acids is 3. The topological polar surface area (TPSA) is 205 Å². The van der Waals surface area contributed by atoms with E-state index in [0.717, 1.165) is 44.2 Å². The van der Waals surface area contributed by atoms with E-state index in [1.165, 1.54) is 44.0 Å². The van der Waals surface area contributed by atoms with Crippen LogP contribution in [0.25, 0.3) is 22.1 Å². The highest BCUT2D eigenvalue weighted by Gasteiger charge is 2.53. The zero-order valence-electron chi connectivity index (χ0n) is 30.8. The third kappa shape index (κ3) is 8.55. The van der Waals surface area contributed by atoms with Crippen LogP contribution >= 0.6 is 23.2 Å². The molecule has 9 rings (SSSR count). The number of aromatic nitrogens is 8. The summed E-state index contributed by atoms with van der Waals surface area (Å²) in [6.45, 7) is 2.89. The van der Waals surface area contributed by atoms with Crippen molar-refractivity contribution >= 4 is 68.9 Å². The largest absolute Gasteiger partial charge is 0.469 e. The molecular formula is C39H41Cl2F2N11O4. The molecule has 15 nitrogen and oxygen atoms in total. The number of nitrogens with zero attached hydrogens (tertiary/aromatic N) is 6. The van der Waals surface area contributed by atoms with Crippen molar-refractivity contribution in [1.29, 1.82) is 0 Å². The maximum atomic E-state index is 13.4. The van der Waals surface area contributed by atoms with Gasteiger partial charge in [-0.3, -0.25) is 24.6 Å². The highest BCUT2D eigenvalue weighted by atomic mass is 35.5. The molecule has 2 amide bonds. The van der Waals surface area contributed by atoms with Gasteiger partial charge in [0.15, 0.2) is 17.2 Å². The number of esters is 1. The summed E-state index contributed by atoms with van der Waals surface area (Å²) in [5, 5.41) is 22.9. The molecule has 0 saturated heterocycles. The standard InChI is InChI=1S/C24H26ClFN6O3.C14H11ClFN5O.CH4/c1-35-22(34)24-7-4-23(5-8-24,6-9-24)12-28-20-18-17(31-32-20)19(30-13-29-18)21(33)27-11-14-2-3-16(26)15(25)10-14;1-7-11-12(21-20-7)13(19-6-18-11)14(22)17-5-8-2-3-10(16)9(15)4-8;/h2-3,10,13H,4-9,11-12H2,1H3,(H,27,33)(H2,28,31,32);2-4,6H,5H2,1H3,(H,17,22)(H,20,21);1H4. The van der Waals surface area contributed by atoms with Crippen molar-refractivity contribution < 1.29 is 27.9 Å². The first-order valence-electron chi connectivity index (χ1n) is 18.0. The number of rotatable bonds is 10. The maximum Gasteiger partial charge on any atom is 0.311 e. The van der Waals surface area contributed by atoms with E-state index in [4.69, 9.17) is 27.9 Å². The summed E-state index contributed by atoms with van der Waals surface area (Å²) in [5.74, 6) is -1.33. The number of amides is 2. The molecule has 6 aromatic rings. The normalized spacial score (nSPS) is 18.2. The number of fused-ring (bicyclic) bond motifs is 5. The molecule has 3 aliphatic carbocycles. The van der Waals surface area contributed by atoms with E-state index in [0.29, 0.717) is 45.6 Å². The lowest BCUT2D eigenvalue weighted by Crippen LogP contribution is -2.48. The van der Waals surface area contributed by atoms with Crippen LogP contribution in [0.5, 0.6) is 0 Å². The number of benzene rings is 2. The fraction of sp³-hybridized carbons (Fsp3) is 0.359. The number of methoxy groups -OCH3 is 1. The molecule has 304 valence electrons. The van der Waals surface area contributed by atoms with Gasteiger partial charge < -0.3 is 20.7 Å². The smallest absolute Gasteiger partial charge is 0.311 e. The van der Waals surface area contributed by atoms with Gasteiger partial charge in [0.25, 0.3) is 11.8 Å². The summed E-state index contributed by atoms with van der Waals surface area (Å²) >= 11 is 11.5. The third-order valence-electron chi connectivity index (χ3n) is 10.8. The monoisotopic (exact) mass is 835 g/mol. The predicted octanol–water partition coefficient (Wildman–Crippen LogP) is 7.02. The van der Waals surface area contributed by atoms with Crippen molar-refractivity contribution in [2.75, 3.05) is 19.0 Å². The zero-order chi connectivity index (χ0) is 40.3. The van der Waals surface area contributed by atoms with Crippen LogP contribution in [0.15, 0.2) is 49.1 Å². The summed E-state index contributed by atoms with van der Waals surface area (Å²) in [5.41, 5.74) is 4.22. The average Bonchev–Trinajstić information content (AvgIpc) is 3.84. The molecule has 5 N–H and O–H groups in total. The van der Waals surface area contributed by atoms with Gasteiger partial charge in [-0.05, 0) is 86.3 Å². The lowest BCUT2D eigenvalue weighted by molar-refractivity contribution is -0.162. The first-order chi connectivity index (χ1) is 27.4. The molecule has 0 atom stereocenters. The van der Waals surface area contributed by atoms with Gasteiger partial charge in [0.1, 0.15) is 46.4 Å². The third-order valence-corrected chi connectivity index (χ3v) is 11.4. The van der Waals surface area contributed by atoms with Gasteiger partial charge in [-0.25, -0.2) is 28.7 Å². The van der Waals surface area contributed by atoms with E-state index < -0.39 is 17.5 Å². The second-order valence-corrected chi connectivity index (χ2v) is 15.1. The molecule has 4 aromatic heterocycles. The van der Waals surface area contributed by atoms with Crippen molar-refractivity contribution in [3.8, 4) is 0 Å². The Morgan fingerprint density at radius 2 is 1.31 bits per heavy atom. The van der Waals surface area contributed by atoms with Crippen molar-refractivity contribution in [1.82, 2.24) is 51.0 Å². The first-order valence-corrected chi connectivity index (χ1v) is 18.8. The number of ether oxygens (including phenoxy) is 1. The second kappa shape index (κ2) is 17.4. The molecular weight excluding hydrogens is 795 g/mol. The van der Waals surface area contributed by atoms with Crippen molar-refractivity contribution in [3.63, 3.8) is 0 Å². The van der Waals surface area contributed by atoms with E-state index in [9.17, 15) is 23.2 Å². The number of nitrogens with one attached hydrogen (secondary N) is 5. The maximum absolute atomic E-state index is 13.4. The molecule has 3 aliphatic rings. The van der Waals surface area contributed by atoms with Gasteiger partial charge in [0.2, 0.25) is 0 Å². The summed E-state index contributed by atoms with van der Waals surface area (Å²) in [6, 6.07) is 8.55. The number of halogens is 4. The average molecular weight is 837 g/mol. The number of carbonyl (C=O) groups is 3. The molecule has 19 heteroatoms. The van der Waals surface area contributed by atoms with Crippen molar-refractivity contribution in [2.45, 2.75) is 66.0 Å². The molecule has 0 radical (unpaired) electrons. The summed E-state index contributed by atoms with van der Waals surface area (Å²) in [7, 11) is 1.46. The molecule has 58 heavy (non-hydrogen) atoms. The summed E-state index contributed by atoms with van der Waals surface area (Å²) < 4.78 is 31.5. The number of aryl methyl sites for hydroxylation is 1. The van der Waals surface area contributed by atoms with Crippen LogP contribution in [-0.2, 0) is 22.6 Å². The van der Waals surface area contributed by atoms with Crippen LogP contribution in [-0.4, -0.2) is 71.8 Å². The van der Waals surface area contributed by atoms with E-state index >= 15 is 0 Å². The Kier molecular flexibility index (Phi) is 12.5. The van der Waals surface area contributed by atoms with Gasteiger partial charge in [-0.2, -0.15) is 10.2 Å². The Morgan fingerprint density at radius 3 is 1.88 bits per heavy atom. The molecule has 0 spiro atoms. The lowest BCUT2D eigenvalue weighted by Gasteiger charge is -2.51. The van der Waals surface area contributed by atoms with Gasteiger partial charge in [0, 0.05) is 19.6 Å². The number of hydrogen-bond donors (Lipinski definition) is 5. The van der Waals surface area contributed by atoms with Crippen molar-refractivity contribution in [3.05, 3.63) is 98.9 Å². The Morgan fingerprint density at radius 1 is 0.759 bits per heavy atom. The minimum Gasteiger partial charge on any atom is -0.469 e. The Bertz CT molecular complexity index is 2470. The minimum atomic E-state index is -0.513. The number of aromatic amines is 2. The fourth-order valence-electron chi connectivity index (χ4n) is 7.40. The van der Waals surface area contributed by atoms with Gasteiger partial charge in [-0.15, -0.1) is 0 Å². The van der Waals surface area contributed by atoms with Crippen LogP contribution in [0, 0.1) is 29.4 Å². The van der Waals surface area contributed by atoms with E-state index in [-0.39, 0.29) is 64.7 Å². The molecule has 2 aromatic carbocycles. The molecule has 3 fully saturated rings. The summed E-state index contributed by atoms with van der Waals surface area (Å²) in [4.78, 5) is 53.8. The Hall–Kier alpha value is -5.81. The molecule has 2 bridgehead atoms. The highest BCUT2D eigenvalue weighted by Crippen LogP contribution is 2.57. The number of hydrogen-bond acceptors (Lipinski definition) is 11. The van der Waals surface area contributed by atoms with Crippen LogP contribution in [0.4, 0.5) is 14.6 Å². The van der Waals surface area contributed by atoms with Gasteiger partial charge >= 0.3 is 5.97 Å². The second-order valence-electron chi connectivity index (χ2n) is 14.3. The lowest BCUT2D eigenvalue weighted by atomic mass is 9.53. The zero-order valence-corrected chi connectivity index (χ0v) is 32.3. The van der Waals surface area contributed by atoms with Crippen LogP contribution in [0.1, 0.15) is 83.7 Å². The SMILES string of the molecule is C.COC(=O)C12CCC(CNc3n[nH]c4c(C(=O)NCc5ccc(F)c(Cl)c5)ncnc34)(CC1)CC2.Cc1[nH]nc2c(C(=O)NCc3ccc(F)c(Cl)c3)ncnc12. The first kappa shape index (κ1) is 41.8. The van der Waals surface area contributed by atoms with Crippen LogP contribution in [0.2, 0.25) is 10.0 Å². The summed E-state index contributed by atoms with van der Waals surface area (Å²) in [6.07, 6.45) is 8.03. The molecule has 3 saturated carbocycles. The Labute approximate surface area is 341 Å². The minimum absolute atomic E-state index is 0. The van der Waals surface area contributed by atoms with E-state index in [1.807, 2.05) is 6.92 Å². The van der Waals surface area contributed by atoms with Gasteiger partial charge in [0.05, 0.1) is 28.3 Å². The molecule has 4 heterocycles. The van der Waals surface area contributed by atoms with E-state index in [1.54, 1.807) is 12.1 Å². The quantitative estimate of drug-likeness (QED) is 0.0887. The predicted molar refractivity (Wildman–Crippen MR) is 213 cm³/mol. The van der Waals surface area contributed by atoms with Crippen molar-refractivity contribution in [2.24, 2.45) is 10.8 Å².